The molecule has 2 heterocycles. The second-order valence-corrected chi connectivity index (χ2v) is 10.1. The monoisotopic (exact) mass is 524 g/mol. The lowest BCUT2D eigenvalue weighted by molar-refractivity contribution is -0.123. The minimum absolute atomic E-state index is 0.0492. The summed E-state index contributed by atoms with van der Waals surface area (Å²) in [7, 11) is 0. The van der Waals surface area contributed by atoms with Gasteiger partial charge in [-0.05, 0) is 62.2 Å². The van der Waals surface area contributed by atoms with Crippen LogP contribution in [-0.2, 0) is 9.53 Å². The number of hydrogen-bond acceptors (Lipinski definition) is 7. The zero-order chi connectivity index (χ0) is 26.7. The largest absolute Gasteiger partial charge is 0.507 e. The Kier molecular flexibility index (Phi) is 10.3. The molecule has 0 bridgehead atoms. The minimum Gasteiger partial charge on any atom is -0.507 e. The molecular weight excluding hydrogens is 484 g/mol. The molecule has 2 atom stereocenters. The van der Waals surface area contributed by atoms with Crippen LogP contribution in [0.3, 0.4) is 0 Å². The van der Waals surface area contributed by atoms with Crippen molar-refractivity contribution in [3.63, 3.8) is 0 Å². The van der Waals surface area contributed by atoms with Crippen LogP contribution in [0.15, 0.2) is 42.5 Å². The van der Waals surface area contributed by atoms with Gasteiger partial charge in [0.25, 0.3) is 0 Å². The first kappa shape index (κ1) is 27.8. The zero-order valence-corrected chi connectivity index (χ0v) is 22.3. The van der Waals surface area contributed by atoms with Crippen molar-refractivity contribution in [2.75, 3.05) is 32.8 Å². The molecule has 1 amide bonds. The third-order valence-electron chi connectivity index (χ3n) is 7.13. The average Bonchev–Trinajstić information content (AvgIpc) is 3.44. The molecule has 0 radical (unpaired) electrons. The summed E-state index contributed by atoms with van der Waals surface area (Å²) in [5.74, 6) is 0.373. The van der Waals surface area contributed by atoms with Crippen LogP contribution in [0.4, 0.5) is 0 Å². The van der Waals surface area contributed by atoms with Crippen LogP contribution in [0.25, 0.3) is 0 Å². The van der Waals surface area contributed by atoms with E-state index in [1.807, 2.05) is 18.2 Å². The highest BCUT2D eigenvalue weighted by Gasteiger charge is 2.33. The number of benzene rings is 2. The summed E-state index contributed by atoms with van der Waals surface area (Å²) in [6, 6.07) is 11.3. The molecule has 206 valence electrons. The number of carbonyl (C=O) groups excluding carboxylic acids is 2. The van der Waals surface area contributed by atoms with E-state index in [1.54, 1.807) is 12.1 Å². The number of rotatable bonds is 13. The third-order valence-corrected chi connectivity index (χ3v) is 7.13. The quantitative estimate of drug-likeness (QED) is 0.281. The fourth-order valence-corrected chi connectivity index (χ4v) is 5.07. The second-order valence-electron chi connectivity index (χ2n) is 10.1. The summed E-state index contributed by atoms with van der Waals surface area (Å²) in [6.07, 6.45) is 7.15. The normalized spacial score (nSPS) is 16.6. The van der Waals surface area contributed by atoms with Crippen LogP contribution in [0, 0.1) is 0 Å². The number of carbonyl (C=O) groups is 2. The number of amides is 1. The van der Waals surface area contributed by atoms with E-state index in [-0.39, 0.29) is 17.2 Å². The number of nitrogens with zero attached hydrogens (tertiary/aromatic N) is 1. The number of phenols is 1. The number of likely N-dealkylation sites (tertiary alicyclic amines) is 1. The molecular formula is C30H40N2O6. The Morgan fingerprint density at radius 1 is 1.00 bits per heavy atom. The summed E-state index contributed by atoms with van der Waals surface area (Å²) in [5.41, 5.74) is 0.780. The molecule has 0 saturated carbocycles. The van der Waals surface area contributed by atoms with Gasteiger partial charge in [0.05, 0.1) is 6.04 Å². The van der Waals surface area contributed by atoms with Crippen LogP contribution in [0.5, 0.6) is 17.2 Å². The fourth-order valence-electron chi connectivity index (χ4n) is 5.07. The zero-order valence-electron chi connectivity index (χ0n) is 22.3. The van der Waals surface area contributed by atoms with Gasteiger partial charge in [-0.3, -0.25) is 4.79 Å². The highest BCUT2D eigenvalue weighted by Crippen LogP contribution is 2.35. The number of hydrogen-bond donors (Lipinski definition) is 2. The van der Waals surface area contributed by atoms with Gasteiger partial charge in [-0.1, -0.05) is 50.8 Å². The van der Waals surface area contributed by atoms with Gasteiger partial charge in [0, 0.05) is 13.0 Å². The van der Waals surface area contributed by atoms with Gasteiger partial charge in [0.2, 0.25) is 5.91 Å². The van der Waals surface area contributed by atoms with Crippen molar-refractivity contribution in [1.29, 1.82) is 0 Å². The SMILES string of the molecule is CCCCCCCC(=O)N[C@H](CN1CCCC1)[C@H](OC(=O)c1ccccc1O)c1ccc2c(c1)OCCO2. The molecule has 2 aliphatic heterocycles. The Balaban J connectivity index is 1.59. The van der Waals surface area contributed by atoms with Crippen molar-refractivity contribution in [1.82, 2.24) is 10.2 Å². The number of unbranched alkanes of at least 4 members (excludes halogenated alkanes) is 4. The minimum atomic E-state index is -0.789. The smallest absolute Gasteiger partial charge is 0.342 e. The number of esters is 1. The van der Waals surface area contributed by atoms with E-state index in [4.69, 9.17) is 14.2 Å². The second kappa shape index (κ2) is 14.0. The lowest BCUT2D eigenvalue weighted by Crippen LogP contribution is -2.47. The van der Waals surface area contributed by atoms with E-state index in [9.17, 15) is 14.7 Å². The Morgan fingerprint density at radius 3 is 2.50 bits per heavy atom. The molecule has 38 heavy (non-hydrogen) atoms. The number of fused-ring (bicyclic) bond motifs is 1. The first-order valence-electron chi connectivity index (χ1n) is 14.0. The topological polar surface area (TPSA) is 97.3 Å². The average molecular weight is 525 g/mol. The summed E-state index contributed by atoms with van der Waals surface area (Å²) in [6.45, 7) is 5.50. The third kappa shape index (κ3) is 7.63. The van der Waals surface area contributed by atoms with E-state index in [2.05, 4.69) is 17.1 Å². The predicted molar refractivity (Wildman–Crippen MR) is 145 cm³/mol. The van der Waals surface area contributed by atoms with Gasteiger partial charge >= 0.3 is 5.97 Å². The van der Waals surface area contributed by atoms with Gasteiger partial charge in [0.1, 0.15) is 30.6 Å². The molecule has 2 aromatic rings. The van der Waals surface area contributed by atoms with Gasteiger partial charge in [-0.25, -0.2) is 4.79 Å². The van der Waals surface area contributed by atoms with Crippen molar-refractivity contribution in [3.05, 3.63) is 53.6 Å². The van der Waals surface area contributed by atoms with Crippen LogP contribution < -0.4 is 14.8 Å². The molecule has 2 aromatic carbocycles. The fraction of sp³-hybridized carbons (Fsp3) is 0.533. The van der Waals surface area contributed by atoms with Crippen molar-refractivity contribution in [2.24, 2.45) is 0 Å². The Morgan fingerprint density at radius 2 is 1.74 bits per heavy atom. The van der Waals surface area contributed by atoms with E-state index in [1.165, 1.54) is 18.6 Å². The van der Waals surface area contributed by atoms with Gasteiger partial charge < -0.3 is 29.5 Å². The summed E-state index contributed by atoms with van der Waals surface area (Å²) < 4.78 is 17.6. The van der Waals surface area contributed by atoms with Crippen LogP contribution >= 0.6 is 0 Å². The molecule has 0 aliphatic carbocycles. The van der Waals surface area contributed by atoms with Crippen LogP contribution in [-0.4, -0.2) is 60.8 Å². The lowest BCUT2D eigenvalue weighted by atomic mass is 9.99. The first-order valence-corrected chi connectivity index (χ1v) is 14.0. The predicted octanol–water partition coefficient (Wildman–Crippen LogP) is 5.00. The maximum absolute atomic E-state index is 13.3. The molecule has 4 rings (SSSR count). The van der Waals surface area contributed by atoms with Gasteiger partial charge in [-0.2, -0.15) is 0 Å². The van der Waals surface area contributed by atoms with Crippen LogP contribution in [0.1, 0.15) is 80.3 Å². The highest BCUT2D eigenvalue weighted by atomic mass is 16.6. The molecule has 0 unspecified atom stereocenters. The Bertz CT molecular complexity index is 1070. The van der Waals surface area contributed by atoms with E-state index in [0.717, 1.165) is 51.6 Å². The van der Waals surface area contributed by atoms with Gasteiger partial charge in [-0.15, -0.1) is 0 Å². The molecule has 1 fully saturated rings. The maximum atomic E-state index is 13.3. The summed E-state index contributed by atoms with van der Waals surface area (Å²) >= 11 is 0. The summed E-state index contributed by atoms with van der Waals surface area (Å²) in [4.78, 5) is 28.7. The van der Waals surface area contributed by atoms with Crippen LogP contribution in [0.2, 0.25) is 0 Å². The number of nitrogens with one attached hydrogen (secondary N) is 1. The molecule has 2 N–H and O–H groups in total. The van der Waals surface area contributed by atoms with Crippen molar-refractivity contribution in [3.8, 4) is 17.2 Å². The Hall–Kier alpha value is -3.26. The van der Waals surface area contributed by atoms with Crippen molar-refractivity contribution < 1.29 is 28.9 Å². The summed E-state index contributed by atoms with van der Waals surface area (Å²) in [5, 5.41) is 13.5. The Labute approximate surface area is 225 Å². The molecule has 0 aromatic heterocycles. The van der Waals surface area contributed by atoms with Gasteiger partial charge in [0.15, 0.2) is 11.5 Å². The molecule has 1 saturated heterocycles. The first-order chi connectivity index (χ1) is 18.5. The molecule has 8 nitrogen and oxygen atoms in total. The standard InChI is InChI=1S/C30H40N2O6/c1-2-3-4-5-6-13-28(34)31-24(21-32-16-9-10-17-32)29(38-30(35)23-11-7-8-12-25(23)33)22-14-15-26-27(20-22)37-19-18-36-26/h7-8,11-12,14-15,20,24,29,33H,2-6,9-10,13,16-19,21H2,1H3,(H,31,34)/t24-,29-/m1/s1. The van der Waals surface area contributed by atoms with Crippen molar-refractivity contribution in [2.45, 2.75) is 70.4 Å². The number of phenolic OH excluding ortho intramolecular Hbond substituents is 1. The molecule has 0 spiro atoms. The van der Waals surface area contributed by atoms with E-state index in [0.29, 0.717) is 43.2 Å². The number of aromatic hydroxyl groups is 1. The lowest BCUT2D eigenvalue weighted by Gasteiger charge is -2.32. The number of ether oxygens (including phenoxy) is 3. The van der Waals surface area contributed by atoms with E-state index >= 15 is 0 Å². The molecule has 2 aliphatic rings. The molecule has 8 heteroatoms. The van der Waals surface area contributed by atoms with Crippen molar-refractivity contribution >= 4 is 11.9 Å². The highest BCUT2D eigenvalue weighted by molar-refractivity contribution is 5.92. The van der Waals surface area contributed by atoms with E-state index < -0.39 is 18.1 Å². The maximum Gasteiger partial charge on any atom is 0.342 e. The number of para-hydroxylation sites is 1.